The van der Waals surface area contributed by atoms with Crippen molar-refractivity contribution in [3.05, 3.63) is 6.07 Å². The average molecular weight is 256 g/mol. The molecule has 0 N–H and O–H groups in total. The standard InChI is InChI=1S/C12H16O6/c1-7(13)18-12-10(16-4)8(14-2)6-9(15-3)11(12)17-5/h6H,1-5H3. The Morgan fingerprint density at radius 1 is 0.833 bits per heavy atom. The van der Waals surface area contributed by atoms with Crippen molar-refractivity contribution >= 4 is 5.97 Å². The van der Waals surface area contributed by atoms with Gasteiger partial charge in [0.15, 0.2) is 11.5 Å². The quantitative estimate of drug-likeness (QED) is 0.589. The van der Waals surface area contributed by atoms with E-state index in [1.165, 1.54) is 35.4 Å². The maximum atomic E-state index is 11.1. The molecule has 0 aliphatic carbocycles. The van der Waals surface area contributed by atoms with E-state index in [-0.39, 0.29) is 17.2 Å². The number of rotatable bonds is 5. The topological polar surface area (TPSA) is 63.2 Å². The molecule has 0 saturated carbocycles. The molecule has 18 heavy (non-hydrogen) atoms. The van der Waals surface area contributed by atoms with Gasteiger partial charge in [0.1, 0.15) is 0 Å². The molecule has 1 rings (SSSR count). The summed E-state index contributed by atoms with van der Waals surface area (Å²) in [7, 11) is 5.83. The molecule has 0 aliphatic heterocycles. The minimum absolute atomic E-state index is 0.128. The fourth-order valence-corrected chi connectivity index (χ4v) is 1.50. The normalized spacial score (nSPS) is 9.61. The lowest BCUT2D eigenvalue weighted by Gasteiger charge is -2.17. The summed E-state index contributed by atoms with van der Waals surface area (Å²) in [4.78, 5) is 11.1. The largest absolute Gasteiger partial charge is 0.493 e. The van der Waals surface area contributed by atoms with Crippen molar-refractivity contribution in [3.63, 3.8) is 0 Å². The molecule has 0 unspecified atom stereocenters. The van der Waals surface area contributed by atoms with E-state index in [4.69, 9.17) is 23.7 Å². The first-order valence-corrected chi connectivity index (χ1v) is 5.14. The van der Waals surface area contributed by atoms with Crippen LogP contribution in [0.3, 0.4) is 0 Å². The third-order valence-corrected chi connectivity index (χ3v) is 2.22. The number of esters is 1. The average Bonchev–Trinajstić information content (AvgIpc) is 2.36. The maximum absolute atomic E-state index is 11.1. The summed E-state index contributed by atoms with van der Waals surface area (Å²) in [6.07, 6.45) is 0. The Kier molecular flexibility index (Phi) is 4.65. The van der Waals surface area contributed by atoms with E-state index in [1.807, 2.05) is 0 Å². The van der Waals surface area contributed by atoms with Gasteiger partial charge < -0.3 is 23.7 Å². The highest BCUT2D eigenvalue weighted by Gasteiger charge is 2.24. The van der Waals surface area contributed by atoms with Gasteiger partial charge in [-0.05, 0) is 0 Å². The van der Waals surface area contributed by atoms with Crippen molar-refractivity contribution in [1.29, 1.82) is 0 Å². The second-order valence-electron chi connectivity index (χ2n) is 3.27. The van der Waals surface area contributed by atoms with Crippen molar-refractivity contribution in [3.8, 4) is 28.7 Å². The lowest BCUT2D eigenvalue weighted by atomic mass is 10.2. The number of ether oxygens (including phenoxy) is 5. The highest BCUT2D eigenvalue weighted by molar-refractivity contribution is 5.75. The van der Waals surface area contributed by atoms with Gasteiger partial charge in [0.05, 0.1) is 28.4 Å². The zero-order valence-electron chi connectivity index (χ0n) is 11.0. The number of hydrogen-bond donors (Lipinski definition) is 0. The van der Waals surface area contributed by atoms with Gasteiger partial charge in [-0.2, -0.15) is 0 Å². The zero-order chi connectivity index (χ0) is 13.7. The van der Waals surface area contributed by atoms with E-state index in [2.05, 4.69) is 0 Å². The number of carbonyl (C=O) groups excluding carboxylic acids is 1. The molecule has 0 radical (unpaired) electrons. The maximum Gasteiger partial charge on any atom is 0.308 e. The van der Waals surface area contributed by atoms with Crippen LogP contribution in [-0.2, 0) is 4.79 Å². The Bertz CT molecular complexity index is 410. The molecule has 100 valence electrons. The monoisotopic (exact) mass is 256 g/mol. The van der Waals surface area contributed by atoms with E-state index in [0.717, 1.165) is 0 Å². The van der Waals surface area contributed by atoms with Crippen LogP contribution in [0.4, 0.5) is 0 Å². The molecule has 0 saturated heterocycles. The first kappa shape index (κ1) is 14.0. The molecule has 6 nitrogen and oxygen atoms in total. The van der Waals surface area contributed by atoms with Crippen LogP contribution in [0.2, 0.25) is 0 Å². The van der Waals surface area contributed by atoms with E-state index in [1.54, 1.807) is 6.07 Å². The van der Waals surface area contributed by atoms with Gasteiger partial charge in [-0.1, -0.05) is 0 Å². The molecule has 1 aromatic rings. The lowest BCUT2D eigenvalue weighted by molar-refractivity contribution is -0.132. The lowest BCUT2D eigenvalue weighted by Crippen LogP contribution is -2.06. The van der Waals surface area contributed by atoms with E-state index in [9.17, 15) is 4.79 Å². The minimum atomic E-state index is -0.498. The summed E-state index contributed by atoms with van der Waals surface area (Å²) in [5.41, 5.74) is 0. The second-order valence-corrected chi connectivity index (χ2v) is 3.27. The van der Waals surface area contributed by atoms with Crippen molar-refractivity contribution in [2.45, 2.75) is 6.92 Å². The summed E-state index contributed by atoms with van der Waals surface area (Å²) >= 11 is 0. The molecule has 6 heteroatoms. The smallest absolute Gasteiger partial charge is 0.308 e. The molecule has 1 aromatic carbocycles. The van der Waals surface area contributed by atoms with Gasteiger partial charge in [-0.15, -0.1) is 0 Å². The molecule has 0 bridgehead atoms. The summed E-state index contributed by atoms with van der Waals surface area (Å²) in [5, 5.41) is 0. The van der Waals surface area contributed by atoms with Gasteiger partial charge in [-0.3, -0.25) is 4.79 Å². The molecule has 0 atom stereocenters. The molecule has 0 aliphatic rings. The first-order chi connectivity index (χ1) is 8.58. The summed E-state index contributed by atoms with van der Waals surface area (Å²) in [6, 6.07) is 1.59. The predicted molar refractivity (Wildman–Crippen MR) is 64.0 cm³/mol. The second kappa shape index (κ2) is 6.00. The fourth-order valence-electron chi connectivity index (χ4n) is 1.50. The Morgan fingerprint density at radius 3 is 1.56 bits per heavy atom. The first-order valence-electron chi connectivity index (χ1n) is 5.14. The van der Waals surface area contributed by atoms with Crippen molar-refractivity contribution in [2.24, 2.45) is 0 Å². The molecule has 0 spiro atoms. The van der Waals surface area contributed by atoms with Crippen LogP contribution in [0.15, 0.2) is 6.07 Å². The summed E-state index contributed by atoms with van der Waals surface area (Å²) in [5.74, 6) is 0.930. The van der Waals surface area contributed by atoms with Crippen LogP contribution < -0.4 is 23.7 Å². The van der Waals surface area contributed by atoms with Crippen molar-refractivity contribution in [2.75, 3.05) is 28.4 Å². The van der Waals surface area contributed by atoms with Crippen LogP contribution in [0.5, 0.6) is 28.7 Å². The molecule has 0 fully saturated rings. The van der Waals surface area contributed by atoms with Crippen molar-refractivity contribution < 1.29 is 28.5 Å². The van der Waals surface area contributed by atoms with Crippen molar-refractivity contribution in [1.82, 2.24) is 0 Å². The SMILES string of the molecule is COc1cc(OC)c(OC)c(OC(C)=O)c1OC. The minimum Gasteiger partial charge on any atom is -0.493 e. The number of benzene rings is 1. The van der Waals surface area contributed by atoms with Crippen LogP contribution in [0, 0.1) is 0 Å². The number of hydrogen-bond acceptors (Lipinski definition) is 6. The predicted octanol–water partition coefficient (Wildman–Crippen LogP) is 1.65. The van der Waals surface area contributed by atoms with Crippen LogP contribution in [0.25, 0.3) is 0 Å². The third-order valence-electron chi connectivity index (χ3n) is 2.22. The number of methoxy groups -OCH3 is 4. The summed E-state index contributed by atoms with van der Waals surface area (Å²) in [6.45, 7) is 1.28. The van der Waals surface area contributed by atoms with Gasteiger partial charge in [-0.25, -0.2) is 0 Å². The molecule has 0 heterocycles. The van der Waals surface area contributed by atoms with Gasteiger partial charge >= 0.3 is 5.97 Å². The highest BCUT2D eigenvalue weighted by Crippen LogP contribution is 2.50. The Hall–Kier alpha value is -2.11. The zero-order valence-corrected chi connectivity index (χ0v) is 11.0. The van der Waals surface area contributed by atoms with E-state index < -0.39 is 5.97 Å². The number of carbonyl (C=O) groups is 1. The van der Waals surface area contributed by atoms with E-state index >= 15 is 0 Å². The highest BCUT2D eigenvalue weighted by atomic mass is 16.6. The van der Waals surface area contributed by atoms with Crippen LogP contribution in [0.1, 0.15) is 6.92 Å². The third kappa shape index (κ3) is 2.58. The van der Waals surface area contributed by atoms with E-state index in [0.29, 0.717) is 11.5 Å². The Balaban J connectivity index is 3.51. The van der Waals surface area contributed by atoms with Crippen LogP contribution in [-0.4, -0.2) is 34.4 Å². The Morgan fingerprint density at radius 2 is 1.28 bits per heavy atom. The molecule has 0 amide bonds. The fraction of sp³-hybridized carbons (Fsp3) is 0.417. The molecular formula is C12H16O6. The Labute approximate surface area is 105 Å². The van der Waals surface area contributed by atoms with Gasteiger partial charge in [0.2, 0.25) is 17.2 Å². The van der Waals surface area contributed by atoms with Gasteiger partial charge in [0, 0.05) is 13.0 Å². The summed E-state index contributed by atoms with van der Waals surface area (Å²) < 4.78 is 25.7. The van der Waals surface area contributed by atoms with Gasteiger partial charge in [0.25, 0.3) is 0 Å². The molecular weight excluding hydrogens is 240 g/mol. The molecule has 0 aromatic heterocycles. The van der Waals surface area contributed by atoms with Crippen LogP contribution >= 0.6 is 0 Å².